The highest BCUT2D eigenvalue weighted by Gasteiger charge is 2.30. The minimum absolute atomic E-state index is 0.144. The number of rotatable bonds is 6. The fourth-order valence-electron chi connectivity index (χ4n) is 2.84. The van der Waals surface area contributed by atoms with Crippen molar-refractivity contribution in [3.63, 3.8) is 0 Å². The highest BCUT2D eigenvalue weighted by molar-refractivity contribution is 5.87. The number of carbonyl (C=O) groups excluding carboxylic acids is 2. The smallest absolute Gasteiger partial charge is 0.368 e. The first kappa shape index (κ1) is 20.5. The van der Waals surface area contributed by atoms with E-state index in [9.17, 15) is 22.8 Å². The number of alkyl halides is 3. The maximum atomic E-state index is 12.6. The molecule has 0 heterocycles. The lowest BCUT2D eigenvalue weighted by atomic mass is 9.96. The van der Waals surface area contributed by atoms with E-state index in [1.54, 1.807) is 0 Å². The third-order valence-corrected chi connectivity index (χ3v) is 4.38. The summed E-state index contributed by atoms with van der Waals surface area (Å²) in [5, 5.41) is 2.58. The lowest BCUT2D eigenvalue weighted by Gasteiger charge is -2.18. The Kier molecular flexibility index (Phi) is 6.25. The molecule has 4 nitrogen and oxygen atoms in total. The van der Waals surface area contributed by atoms with Gasteiger partial charge in [0.1, 0.15) is 6.04 Å². The maximum absolute atomic E-state index is 12.6. The second kappa shape index (κ2) is 8.24. The van der Waals surface area contributed by atoms with Gasteiger partial charge in [0.25, 0.3) is 0 Å². The second-order valence-corrected chi connectivity index (χ2v) is 6.47. The molecule has 3 N–H and O–H groups in total. The molecule has 0 saturated heterocycles. The molecule has 2 amide bonds. The zero-order valence-electron chi connectivity index (χ0n) is 15.1. The van der Waals surface area contributed by atoms with E-state index in [0.29, 0.717) is 5.56 Å². The number of carbonyl (C=O) groups is 2. The van der Waals surface area contributed by atoms with Crippen LogP contribution < -0.4 is 11.1 Å². The van der Waals surface area contributed by atoms with Gasteiger partial charge >= 0.3 is 6.18 Å². The van der Waals surface area contributed by atoms with E-state index in [1.165, 1.54) is 12.1 Å². The SMILES string of the molecule is Cc1cccc(C)c1C[C@@H](NC(=O)Cc1ccc(C(F)(F)F)cc1)C(N)=O. The molecule has 0 aromatic heterocycles. The summed E-state index contributed by atoms with van der Waals surface area (Å²) in [6.45, 7) is 3.81. The van der Waals surface area contributed by atoms with Crippen LogP contribution in [-0.2, 0) is 28.6 Å². The Bertz CT molecular complexity index is 810. The van der Waals surface area contributed by atoms with Gasteiger partial charge in [0.15, 0.2) is 0 Å². The van der Waals surface area contributed by atoms with Crippen molar-refractivity contribution in [1.29, 1.82) is 0 Å². The van der Waals surface area contributed by atoms with Crippen LogP contribution in [0.1, 0.15) is 27.8 Å². The average molecular weight is 378 g/mol. The number of primary amides is 1. The molecule has 0 radical (unpaired) electrons. The van der Waals surface area contributed by atoms with Crippen LogP contribution in [0.4, 0.5) is 13.2 Å². The molecule has 2 rings (SSSR count). The molecule has 0 aliphatic rings. The van der Waals surface area contributed by atoms with Gasteiger partial charge in [-0.1, -0.05) is 30.3 Å². The highest BCUT2D eigenvalue weighted by atomic mass is 19.4. The third-order valence-electron chi connectivity index (χ3n) is 4.38. The van der Waals surface area contributed by atoms with Gasteiger partial charge in [-0.15, -0.1) is 0 Å². The lowest BCUT2D eigenvalue weighted by Crippen LogP contribution is -2.46. The number of aryl methyl sites for hydroxylation is 2. The third kappa shape index (κ3) is 5.57. The van der Waals surface area contributed by atoms with Gasteiger partial charge in [0.2, 0.25) is 11.8 Å². The van der Waals surface area contributed by atoms with Crippen molar-refractivity contribution < 1.29 is 22.8 Å². The predicted molar refractivity (Wildman–Crippen MR) is 95.9 cm³/mol. The summed E-state index contributed by atoms with van der Waals surface area (Å²) in [4.78, 5) is 24.0. The van der Waals surface area contributed by atoms with Gasteiger partial charge in [-0.25, -0.2) is 0 Å². The fourth-order valence-corrected chi connectivity index (χ4v) is 2.84. The fraction of sp³-hybridized carbons (Fsp3) is 0.300. The zero-order valence-corrected chi connectivity index (χ0v) is 15.1. The van der Waals surface area contributed by atoms with Crippen LogP contribution in [0.2, 0.25) is 0 Å². The van der Waals surface area contributed by atoms with Crippen LogP contribution in [-0.4, -0.2) is 17.9 Å². The van der Waals surface area contributed by atoms with Gasteiger partial charge in [0, 0.05) is 6.42 Å². The van der Waals surface area contributed by atoms with Crippen LogP contribution in [0.3, 0.4) is 0 Å². The predicted octanol–water partition coefficient (Wildman–Crippen LogP) is 3.08. The van der Waals surface area contributed by atoms with Crippen molar-refractivity contribution >= 4 is 11.8 Å². The second-order valence-electron chi connectivity index (χ2n) is 6.47. The Hall–Kier alpha value is -2.83. The minimum atomic E-state index is -4.43. The summed E-state index contributed by atoms with van der Waals surface area (Å²) in [5.74, 6) is -1.15. The van der Waals surface area contributed by atoms with E-state index in [-0.39, 0.29) is 12.8 Å². The molecule has 0 saturated carbocycles. The first-order valence-corrected chi connectivity index (χ1v) is 8.38. The lowest BCUT2D eigenvalue weighted by molar-refractivity contribution is -0.137. The van der Waals surface area contributed by atoms with E-state index >= 15 is 0 Å². The molecule has 0 bridgehead atoms. The minimum Gasteiger partial charge on any atom is -0.368 e. The maximum Gasteiger partial charge on any atom is 0.416 e. The normalized spacial score (nSPS) is 12.5. The summed E-state index contributed by atoms with van der Waals surface area (Å²) in [6, 6.07) is 9.15. The van der Waals surface area contributed by atoms with Crippen molar-refractivity contribution in [2.75, 3.05) is 0 Å². The van der Waals surface area contributed by atoms with Gasteiger partial charge < -0.3 is 11.1 Å². The number of nitrogens with one attached hydrogen (secondary N) is 1. The Morgan fingerprint density at radius 2 is 1.59 bits per heavy atom. The van der Waals surface area contributed by atoms with E-state index in [4.69, 9.17) is 5.73 Å². The topological polar surface area (TPSA) is 72.2 Å². The molecule has 0 fully saturated rings. The van der Waals surface area contributed by atoms with Crippen molar-refractivity contribution in [1.82, 2.24) is 5.32 Å². The van der Waals surface area contributed by atoms with Crippen molar-refractivity contribution in [3.8, 4) is 0 Å². The standard InChI is InChI=1S/C20H21F3N2O2/c1-12-4-3-5-13(2)16(12)11-17(19(24)27)25-18(26)10-14-6-8-15(9-7-14)20(21,22)23/h3-9,17H,10-11H2,1-2H3,(H2,24,27)(H,25,26)/t17-/m1/s1. The Labute approximate surface area is 155 Å². The van der Waals surface area contributed by atoms with E-state index < -0.39 is 29.6 Å². The van der Waals surface area contributed by atoms with Gasteiger partial charge in [-0.3, -0.25) is 9.59 Å². The van der Waals surface area contributed by atoms with Gasteiger partial charge in [-0.05, 0) is 48.2 Å². The molecule has 144 valence electrons. The highest BCUT2D eigenvalue weighted by Crippen LogP contribution is 2.29. The summed E-state index contributed by atoms with van der Waals surface area (Å²) in [6.07, 6.45) is -4.31. The number of amides is 2. The Morgan fingerprint density at radius 1 is 1.04 bits per heavy atom. The first-order valence-electron chi connectivity index (χ1n) is 8.38. The van der Waals surface area contributed by atoms with Gasteiger partial charge in [0.05, 0.1) is 12.0 Å². The Balaban J connectivity index is 2.06. The van der Waals surface area contributed by atoms with E-state index in [2.05, 4.69) is 5.32 Å². The molecule has 27 heavy (non-hydrogen) atoms. The molecule has 0 aliphatic heterocycles. The van der Waals surface area contributed by atoms with Crippen LogP contribution >= 0.6 is 0 Å². The molecule has 0 aliphatic carbocycles. The average Bonchev–Trinajstić information content (AvgIpc) is 2.56. The molecule has 7 heteroatoms. The van der Waals surface area contributed by atoms with E-state index in [1.807, 2.05) is 32.0 Å². The molecule has 0 spiro atoms. The van der Waals surface area contributed by atoms with Crippen LogP contribution in [0, 0.1) is 13.8 Å². The number of hydrogen-bond acceptors (Lipinski definition) is 2. The molecule has 2 aromatic carbocycles. The summed E-state index contributed by atoms with van der Waals surface area (Å²) >= 11 is 0. The van der Waals surface area contributed by atoms with Crippen LogP contribution in [0.25, 0.3) is 0 Å². The summed E-state index contributed by atoms with van der Waals surface area (Å²) in [7, 11) is 0. The quantitative estimate of drug-likeness (QED) is 0.811. The Morgan fingerprint density at radius 3 is 2.07 bits per heavy atom. The number of halogens is 3. The number of hydrogen-bond donors (Lipinski definition) is 2. The van der Waals surface area contributed by atoms with Crippen molar-refractivity contribution in [3.05, 3.63) is 70.3 Å². The molecular formula is C20H21F3N2O2. The van der Waals surface area contributed by atoms with Crippen molar-refractivity contribution in [2.45, 2.75) is 38.9 Å². The summed E-state index contributed by atoms with van der Waals surface area (Å²) < 4.78 is 37.8. The molecule has 0 unspecified atom stereocenters. The first-order chi connectivity index (χ1) is 12.6. The molecular weight excluding hydrogens is 357 g/mol. The zero-order chi connectivity index (χ0) is 20.2. The van der Waals surface area contributed by atoms with Gasteiger partial charge in [-0.2, -0.15) is 13.2 Å². The number of nitrogens with two attached hydrogens (primary N) is 1. The largest absolute Gasteiger partial charge is 0.416 e. The van der Waals surface area contributed by atoms with Crippen LogP contribution in [0.15, 0.2) is 42.5 Å². The molecule has 2 aromatic rings. The van der Waals surface area contributed by atoms with Crippen LogP contribution in [0.5, 0.6) is 0 Å². The molecule has 1 atom stereocenters. The van der Waals surface area contributed by atoms with E-state index in [0.717, 1.165) is 28.8 Å². The van der Waals surface area contributed by atoms with Crippen molar-refractivity contribution in [2.24, 2.45) is 5.73 Å². The number of benzene rings is 2. The monoisotopic (exact) mass is 378 g/mol. The summed E-state index contributed by atoms with van der Waals surface area (Å²) in [5.41, 5.74) is 7.94.